The van der Waals surface area contributed by atoms with Crippen LogP contribution in [0.15, 0.2) is 47.5 Å². The minimum atomic E-state index is -1.08. The number of halogens is 1. The molecule has 0 atom stereocenters. The van der Waals surface area contributed by atoms with Crippen LogP contribution in [0, 0.1) is 0 Å². The predicted molar refractivity (Wildman–Crippen MR) is 89.6 cm³/mol. The Hall–Kier alpha value is -2.86. The lowest BCUT2D eigenvalue weighted by atomic mass is 10.2. The molecule has 2 aromatic carbocycles. The SMILES string of the molecule is COC(=O)c1cccc(N=Cc2ccc(OCC(=O)O)c(Cl)c2)c1. The molecule has 0 aliphatic rings. The van der Waals surface area contributed by atoms with Gasteiger partial charge in [-0.15, -0.1) is 0 Å². The molecule has 0 bridgehead atoms. The van der Waals surface area contributed by atoms with E-state index in [-0.39, 0.29) is 10.8 Å². The number of carbonyl (C=O) groups excluding carboxylic acids is 1. The normalized spacial score (nSPS) is 10.6. The summed E-state index contributed by atoms with van der Waals surface area (Å²) in [5.41, 5.74) is 1.69. The molecular weight excluding hydrogens is 334 g/mol. The monoisotopic (exact) mass is 347 g/mol. The average molecular weight is 348 g/mol. The molecule has 2 rings (SSSR count). The summed E-state index contributed by atoms with van der Waals surface area (Å²) in [7, 11) is 1.31. The number of carbonyl (C=O) groups is 2. The maximum atomic E-state index is 11.5. The summed E-state index contributed by atoms with van der Waals surface area (Å²) >= 11 is 6.04. The van der Waals surface area contributed by atoms with E-state index in [2.05, 4.69) is 9.73 Å². The van der Waals surface area contributed by atoms with E-state index in [9.17, 15) is 9.59 Å². The van der Waals surface area contributed by atoms with E-state index in [0.717, 1.165) is 0 Å². The second kappa shape index (κ2) is 8.12. The summed E-state index contributed by atoms with van der Waals surface area (Å²) in [6, 6.07) is 11.6. The molecule has 0 amide bonds. The summed E-state index contributed by atoms with van der Waals surface area (Å²) in [4.78, 5) is 26.2. The molecule has 0 radical (unpaired) electrons. The fourth-order valence-corrected chi connectivity index (χ4v) is 2.08. The Kier molecular flexibility index (Phi) is 5.92. The van der Waals surface area contributed by atoms with Crippen LogP contribution in [-0.4, -0.2) is 37.0 Å². The lowest BCUT2D eigenvalue weighted by Gasteiger charge is -2.06. The number of carboxylic acid groups (broad SMARTS) is 1. The molecular formula is C17H14ClNO5. The summed E-state index contributed by atoms with van der Waals surface area (Å²) in [5, 5.41) is 8.87. The zero-order chi connectivity index (χ0) is 17.5. The predicted octanol–water partition coefficient (Wildman–Crippen LogP) is 3.34. The van der Waals surface area contributed by atoms with E-state index in [1.807, 2.05) is 0 Å². The van der Waals surface area contributed by atoms with Crippen LogP contribution < -0.4 is 4.74 Å². The van der Waals surface area contributed by atoms with Gasteiger partial charge < -0.3 is 14.6 Å². The number of carboxylic acids is 1. The Balaban J connectivity index is 2.13. The molecule has 0 aliphatic carbocycles. The number of esters is 1. The van der Waals surface area contributed by atoms with Gasteiger partial charge in [0.25, 0.3) is 0 Å². The van der Waals surface area contributed by atoms with Crippen molar-refractivity contribution in [1.29, 1.82) is 0 Å². The molecule has 0 saturated carbocycles. The van der Waals surface area contributed by atoms with Gasteiger partial charge in [-0.25, -0.2) is 9.59 Å². The molecule has 0 spiro atoms. The van der Waals surface area contributed by atoms with Gasteiger partial charge in [-0.1, -0.05) is 17.7 Å². The summed E-state index contributed by atoms with van der Waals surface area (Å²) in [6.45, 7) is -0.465. The van der Waals surface area contributed by atoms with Gasteiger partial charge in [0.15, 0.2) is 6.61 Å². The molecule has 0 aromatic heterocycles. The Morgan fingerprint density at radius 1 is 1.25 bits per heavy atom. The Labute approximate surface area is 143 Å². The number of nitrogens with zero attached hydrogens (tertiary/aromatic N) is 1. The number of hydrogen-bond donors (Lipinski definition) is 1. The number of methoxy groups -OCH3 is 1. The minimum absolute atomic E-state index is 0.281. The van der Waals surface area contributed by atoms with Crippen molar-refractivity contribution < 1.29 is 24.2 Å². The molecule has 0 aliphatic heterocycles. The quantitative estimate of drug-likeness (QED) is 0.640. The van der Waals surface area contributed by atoms with Gasteiger partial charge in [0.1, 0.15) is 5.75 Å². The number of aliphatic carboxylic acids is 1. The second-order valence-corrected chi connectivity index (χ2v) is 5.08. The summed E-state index contributed by atoms with van der Waals surface area (Å²) < 4.78 is 9.70. The van der Waals surface area contributed by atoms with Crippen molar-refractivity contribution in [3.63, 3.8) is 0 Å². The fraction of sp³-hybridized carbons (Fsp3) is 0.118. The van der Waals surface area contributed by atoms with Gasteiger partial charge in [0.2, 0.25) is 0 Å². The van der Waals surface area contributed by atoms with Gasteiger partial charge in [-0.3, -0.25) is 4.99 Å². The maximum Gasteiger partial charge on any atom is 0.341 e. The van der Waals surface area contributed by atoms with Gasteiger partial charge in [0.05, 0.1) is 23.4 Å². The Bertz CT molecular complexity index is 788. The molecule has 0 saturated heterocycles. The van der Waals surface area contributed by atoms with Gasteiger partial charge in [-0.05, 0) is 42.0 Å². The molecule has 24 heavy (non-hydrogen) atoms. The molecule has 6 nitrogen and oxygen atoms in total. The fourth-order valence-electron chi connectivity index (χ4n) is 1.83. The third-order valence-corrected chi connectivity index (χ3v) is 3.23. The Morgan fingerprint density at radius 2 is 2.04 bits per heavy atom. The number of hydrogen-bond acceptors (Lipinski definition) is 5. The molecule has 2 aromatic rings. The second-order valence-electron chi connectivity index (χ2n) is 4.67. The largest absolute Gasteiger partial charge is 0.480 e. The van der Waals surface area contributed by atoms with Crippen LogP contribution in [0.25, 0.3) is 0 Å². The third-order valence-electron chi connectivity index (χ3n) is 2.94. The molecule has 124 valence electrons. The standard InChI is InChI=1S/C17H14ClNO5/c1-23-17(22)12-3-2-4-13(8-12)19-9-11-5-6-15(14(18)7-11)24-10-16(20)21/h2-9H,10H2,1H3,(H,20,21). The third kappa shape index (κ3) is 4.82. The van der Waals surface area contributed by atoms with E-state index < -0.39 is 18.5 Å². The first-order chi connectivity index (χ1) is 11.5. The van der Waals surface area contributed by atoms with Crippen LogP contribution in [-0.2, 0) is 9.53 Å². The van der Waals surface area contributed by atoms with E-state index >= 15 is 0 Å². The first-order valence-corrected chi connectivity index (χ1v) is 7.24. The van der Waals surface area contributed by atoms with Crippen molar-refractivity contribution in [3.05, 3.63) is 58.6 Å². The van der Waals surface area contributed by atoms with Crippen molar-refractivity contribution in [2.24, 2.45) is 4.99 Å². The van der Waals surface area contributed by atoms with Gasteiger partial charge in [0, 0.05) is 6.21 Å². The van der Waals surface area contributed by atoms with E-state index in [1.54, 1.807) is 48.7 Å². The van der Waals surface area contributed by atoms with Crippen LogP contribution in [0.1, 0.15) is 15.9 Å². The minimum Gasteiger partial charge on any atom is -0.480 e. The summed E-state index contributed by atoms with van der Waals surface area (Å²) in [5.74, 6) is -1.24. The first kappa shape index (κ1) is 17.5. The van der Waals surface area contributed by atoms with Crippen LogP contribution >= 0.6 is 11.6 Å². The van der Waals surface area contributed by atoms with Crippen molar-refractivity contribution in [1.82, 2.24) is 0 Å². The van der Waals surface area contributed by atoms with Crippen LogP contribution in [0.2, 0.25) is 5.02 Å². The molecule has 7 heteroatoms. The molecule has 0 unspecified atom stereocenters. The van der Waals surface area contributed by atoms with Crippen LogP contribution in [0.5, 0.6) is 5.75 Å². The van der Waals surface area contributed by atoms with E-state index in [1.165, 1.54) is 7.11 Å². The molecule has 0 fully saturated rings. The van der Waals surface area contributed by atoms with Crippen molar-refractivity contribution >= 4 is 35.4 Å². The summed E-state index contributed by atoms with van der Waals surface area (Å²) in [6.07, 6.45) is 1.57. The van der Waals surface area contributed by atoms with Crippen molar-refractivity contribution in [2.75, 3.05) is 13.7 Å². The number of rotatable bonds is 6. The van der Waals surface area contributed by atoms with E-state index in [4.69, 9.17) is 21.4 Å². The van der Waals surface area contributed by atoms with Gasteiger partial charge in [-0.2, -0.15) is 0 Å². The van der Waals surface area contributed by atoms with Crippen molar-refractivity contribution in [2.45, 2.75) is 0 Å². The van der Waals surface area contributed by atoms with Gasteiger partial charge >= 0.3 is 11.9 Å². The van der Waals surface area contributed by atoms with Crippen LogP contribution in [0.4, 0.5) is 5.69 Å². The van der Waals surface area contributed by atoms with Crippen LogP contribution in [0.3, 0.4) is 0 Å². The first-order valence-electron chi connectivity index (χ1n) is 6.86. The Morgan fingerprint density at radius 3 is 2.71 bits per heavy atom. The molecule has 1 N–H and O–H groups in total. The highest BCUT2D eigenvalue weighted by atomic mass is 35.5. The number of benzene rings is 2. The highest BCUT2D eigenvalue weighted by Crippen LogP contribution is 2.25. The maximum absolute atomic E-state index is 11.5. The van der Waals surface area contributed by atoms with Crippen molar-refractivity contribution in [3.8, 4) is 5.75 Å². The van der Waals surface area contributed by atoms with E-state index in [0.29, 0.717) is 16.8 Å². The zero-order valence-corrected chi connectivity index (χ0v) is 13.5. The average Bonchev–Trinajstić information content (AvgIpc) is 2.58. The highest BCUT2D eigenvalue weighted by Gasteiger charge is 2.06. The smallest absolute Gasteiger partial charge is 0.341 e. The topological polar surface area (TPSA) is 85.2 Å². The highest BCUT2D eigenvalue weighted by molar-refractivity contribution is 6.32. The number of aliphatic imine (C=N–C) groups is 1. The lowest BCUT2D eigenvalue weighted by Crippen LogP contribution is -2.09. The zero-order valence-electron chi connectivity index (χ0n) is 12.7. The lowest BCUT2D eigenvalue weighted by molar-refractivity contribution is -0.139. The molecule has 0 heterocycles. The number of ether oxygens (including phenoxy) is 2.